The second-order valence-corrected chi connectivity index (χ2v) is 5.45. The van der Waals surface area contributed by atoms with Gasteiger partial charge in [-0.15, -0.1) is 0 Å². The quantitative estimate of drug-likeness (QED) is 0.728. The van der Waals surface area contributed by atoms with Gasteiger partial charge in [0, 0.05) is 32.0 Å². The van der Waals surface area contributed by atoms with Crippen LogP contribution < -0.4 is 5.32 Å². The maximum Gasteiger partial charge on any atom is 0.417 e. The van der Waals surface area contributed by atoms with E-state index < -0.39 is 24.6 Å². The zero-order valence-electron chi connectivity index (χ0n) is 11.1. The highest BCUT2D eigenvalue weighted by atomic mass is 19.4. The van der Waals surface area contributed by atoms with Crippen LogP contribution in [0.4, 0.5) is 18.0 Å². The molecular weight excluding hydrogens is 273 g/mol. The number of hydrogen-bond donors (Lipinski definition) is 2. The van der Waals surface area contributed by atoms with Crippen LogP contribution >= 0.6 is 0 Å². The maximum absolute atomic E-state index is 12.6. The molecule has 1 aliphatic heterocycles. The third-order valence-corrected chi connectivity index (χ3v) is 4.00. The number of allylic oxidation sites excluding steroid dienone is 1. The van der Waals surface area contributed by atoms with Crippen molar-refractivity contribution in [2.45, 2.75) is 49.9 Å². The third kappa shape index (κ3) is 3.26. The third-order valence-electron chi connectivity index (χ3n) is 4.00. The molecular formula is C13H19F3N2O2. The van der Waals surface area contributed by atoms with Crippen LogP contribution in [-0.4, -0.2) is 46.9 Å². The number of halogens is 3. The van der Waals surface area contributed by atoms with Gasteiger partial charge in [-0.3, -0.25) is 0 Å². The first-order valence-corrected chi connectivity index (χ1v) is 6.81. The molecule has 1 saturated heterocycles. The molecule has 1 aliphatic carbocycles. The lowest BCUT2D eigenvalue weighted by atomic mass is 9.91. The van der Waals surface area contributed by atoms with Gasteiger partial charge in [0.25, 0.3) is 0 Å². The van der Waals surface area contributed by atoms with Crippen molar-refractivity contribution in [3.63, 3.8) is 0 Å². The maximum atomic E-state index is 12.6. The van der Waals surface area contributed by atoms with E-state index in [1.165, 1.54) is 4.90 Å². The first kappa shape index (κ1) is 15.2. The van der Waals surface area contributed by atoms with Gasteiger partial charge in [0.2, 0.25) is 0 Å². The van der Waals surface area contributed by atoms with E-state index in [-0.39, 0.29) is 25.2 Å². The molecule has 0 unspecified atom stereocenters. The zero-order valence-corrected chi connectivity index (χ0v) is 11.1. The minimum absolute atomic E-state index is 0.0518. The number of nitrogens with one attached hydrogen (secondary N) is 1. The summed E-state index contributed by atoms with van der Waals surface area (Å²) in [6, 6.07) is -0.287. The topological polar surface area (TPSA) is 52.6 Å². The largest absolute Gasteiger partial charge is 0.417 e. The predicted molar refractivity (Wildman–Crippen MR) is 67.1 cm³/mol. The minimum atomic E-state index is -4.64. The average Bonchev–Trinajstić information content (AvgIpc) is 2.39. The highest BCUT2D eigenvalue weighted by molar-refractivity contribution is 5.74. The molecule has 0 aromatic heterocycles. The number of hydrogen-bond acceptors (Lipinski definition) is 2. The van der Waals surface area contributed by atoms with Crippen LogP contribution in [0.3, 0.4) is 0 Å². The van der Waals surface area contributed by atoms with Crippen LogP contribution in [0.2, 0.25) is 0 Å². The lowest BCUT2D eigenvalue weighted by molar-refractivity contribution is -0.271. The summed E-state index contributed by atoms with van der Waals surface area (Å²) in [5.74, 6) is 0. The van der Waals surface area contributed by atoms with E-state index in [4.69, 9.17) is 0 Å². The molecule has 2 rings (SSSR count). The number of alkyl halides is 3. The molecule has 2 amide bonds. The van der Waals surface area contributed by atoms with E-state index in [1.54, 1.807) is 0 Å². The Morgan fingerprint density at radius 1 is 1.30 bits per heavy atom. The van der Waals surface area contributed by atoms with E-state index in [0.717, 1.165) is 19.3 Å². The number of carbonyl (C=O) groups excluding carboxylic acids is 1. The Balaban J connectivity index is 1.84. The molecule has 4 nitrogen and oxygen atoms in total. The van der Waals surface area contributed by atoms with E-state index in [9.17, 15) is 23.1 Å². The summed E-state index contributed by atoms with van der Waals surface area (Å²) in [6.45, 7) is -0.158. The van der Waals surface area contributed by atoms with Crippen LogP contribution in [-0.2, 0) is 0 Å². The van der Waals surface area contributed by atoms with Crippen molar-refractivity contribution in [3.8, 4) is 0 Å². The van der Waals surface area contributed by atoms with Crippen LogP contribution in [0.1, 0.15) is 32.1 Å². The summed E-state index contributed by atoms with van der Waals surface area (Å²) < 4.78 is 37.9. The number of urea groups is 1. The summed E-state index contributed by atoms with van der Waals surface area (Å²) in [6.07, 6.45) is 0.986. The number of amides is 2. The Bertz CT molecular complexity index is 388. The van der Waals surface area contributed by atoms with E-state index in [2.05, 4.69) is 5.32 Å². The number of aliphatic hydroxyl groups is 1. The van der Waals surface area contributed by atoms with Gasteiger partial charge >= 0.3 is 12.2 Å². The summed E-state index contributed by atoms with van der Waals surface area (Å²) in [5, 5.41) is 12.4. The Labute approximate surface area is 115 Å². The van der Waals surface area contributed by atoms with Gasteiger partial charge in [0.05, 0.1) is 0 Å². The Morgan fingerprint density at radius 3 is 2.45 bits per heavy atom. The molecule has 0 spiro atoms. The van der Waals surface area contributed by atoms with Crippen LogP contribution in [0.15, 0.2) is 12.2 Å². The molecule has 2 N–H and O–H groups in total. The van der Waals surface area contributed by atoms with Gasteiger partial charge in [0.1, 0.15) is 0 Å². The first-order valence-electron chi connectivity index (χ1n) is 6.81. The van der Waals surface area contributed by atoms with Crippen molar-refractivity contribution < 1.29 is 23.1 Å². The molecule has 114 valence electrons. The van der Waals surface area contributed by atoms with Crippen molar-refractivity contribution in [3.05, 3.63) is 12.2 Å². The molecule has 2 aliphatic rings. The molecule has 7 heteroatoms. The van der Waals surface area contributed by atoms with E-state index in [0.29, 0.717) is 0 Å². The SMILES string of the molecule is O=C(N[C@@H]1CC=CCC1)N1CCC(O)(C(F)(F)F)CC1. The smallest absolute Gasteiger partial charge is 0.380 e. The fraction of sp³-hybridized carbons (Fsp3) is 0.769. The van der Waals surface area contributed by atoms with Gasteiger partial charge < -0.3 is 15.3 Å². The molecule has 0 radical (unpaired) electrons. The van der Waals surface area contributed by atoms with Crippen molar-refractivity contribution in [2.24, 2.45) is 0 Å². The van der Waals surface area contributed by atoms with Crippen molar-refractivity contribution in [1.82, 2.24) is 10.2 Å². The van der Waals surface area contributed by atoms with Crippen LogP contribution in [0.25, 0.3) is 0 Å². The number of rotatable bonds is 1. The Hall–Kier alpha value is -1.24. The fourth-order valence-electron chi connectivity index (χ4n) is 2.55. The lowest BCUT2D eigenvalue weighted by Crippen LogP contribution is -2.56. The van der Waals surface area contributed by atoms with Crippen molar-refractivity contribution in [1.29, 1.82) is 0 Å². The highest BCUT2D eigenvalue weighted by Gasteiger charge is 2.54. The van der Waals surface area contributed by atoms with Crippen LogP contribution in [0, 0.1) is 0 Å². The molecule has 0 aromatic carbocycles. The zero-order chi connectivity index (χ0) is 14.8. The summed E-state index contributed by atoms with van der Waals surface area (Å²) in [5.41, 5.74) is -2.66. The number of carbonyl (C=O) groups is 1. The first-order chi connectivity index (χ1) is 9.32. The fourth-order valence-corrected chi connectivity index (χ4v) is 2.55. The summed E-state index contributed by atoms with van der Waals surface area (Å²) in [7, 11) is 0. The van der Waals surface area contributed by atoms with Gasteiger partial charge in [0.15, 0.2) is 5.60 Å². The van der Waals surface area contributed by atoms with Crippen molar-refractivity contribution >= 4 is 6.03 Å². The monoisotopic (exact) mass is 292 g/mol. The van der Waals surface area contributed by atoms with Crippen LogP contribution in [0.5, 0.6) is 0 Å². The summed E-state index contributed by atoms with van der Waals surface area (Å²) >= 11 is 0. The van der Waals surface area contributed by atoms with Gasteiger partial charge in [-0.05, 0) is 19.3 Å². The molecule has 1 atom stereocenters. The van der Waals surface area contributed by atoms with Crippen molar-refractivity contribution in [2.75, 3.05) is 13.1 Å². The lowest BCUT2D eigenvalue weighted by Gasteiger charge is -2.39. The molecule has 20 heavy (non-hydrogen) atoms. The second kappa shape index (κ2) is 5.63. The number of likely N-dealkylation sites (tertiary alicyclic amines) is 1. The van der Waals surface area contributed by atoms with E-state index in [1.807, 2.05) is 12.2 Å². The number of nitrogens with zero attached hydrogens (tertiary/aromatic N) is 1. The van der Waals surface area contributed by atoms with E-state index >= 15 is 0 Å². The molecule has 0 bridgehead atoms. The standard InChI is InChI=1S/C13H19F3N2O2/c14-13(15,16)12(20)6-8-18(9-7-12)11(19)17-10-4-2-1-3-5-10/h1-2,10,20H,3-9H2,(H,17,19)/t10-/m1/s1. The second-order valence-electron chi connectivity index (χ2n) is 5.45. The molecule has 1 heterocycles. The Morgan fingerprint density at radius 2 is 1.95 bits per heavy atom. The summed E-state index contributed by atoms with van der Waals surface area (Å²) in [4.78, 5) is 13.3. The highest BCUT2D eigenvalue weighted by Crippen LogP contribution is 2.38. The molecule has 0 aromatic rings. The normalized spacial score (nSPS) is 26.4. The number of piperidine rings is 1. The molecule has 0 saturated carbocycles. The average molecular weight is 292 g/mol. The van der Waals surface area contributed by atoms with Gasteiger partial charge in [-0.1, -0.05) is 12.2 Å². The predicted octanol–water partition coefficient (Wildman–Crippen LogP) is 2.19. The molecule has 1 fully saturated rings. The van der Waals surface area contributed by atoms with Gasteiger partial charge in [-0.2, -0.15) is 13.2 Å². The Kier molecular flexibility index (Phi) is 4.27. The van der Waals surface area contributed by atoms with Gasteiger partial charge in [-0.25, -0.2) is 4.79 Å². The minimum Gasteiger partial charge on any atom is -0.380 e.